The van der Waals surface area contributed by atoms with Gasteiger partial charge in [0.2, 0.25) is 0 Å². The Balaban J connectivity index is 2.14. The maximum absolute atomic E-state index is 11.1. The number of carbonyl (C=O) groups excluding carboxylic acids is 2. The number of methoxy groups -OCH3 is 1. The van der Waals surface area contributed by atoms with Gasteiger partial charge in [0.25, 0.3) is 0 Å². The van der Waals surface area contributed by atoms with Crippen LogP contribution in [0.3, 0.4) is 0 Å². The minimum atomic E-state index is -0.740. The van der Waals surface area contributed by atoms with Gasteiger partial charge >= 0.3 is 11.9 Å². The van der Waals surface area contributed by atoms with Gasteiger partial charge < -0.3 is 23.7 Å². The molecule has 0 N–H and O–H groups in total. The Bertz CT molecular complexity index is 342. The molecule has 0 radical (unpaired) electrons. The fraction of sp³-hybridized carbons (Fsp3) is 0.818. The number of rotatable bonds is 3. The molecule has 0 aromatic rings. The lowest BCUT2D eigenvalue weighted by Crippen LogP contribution is -2.56. The second-order valence-corrected chi connectivity index (χ2v) is 4.22. The van der Waals surface area contributed by atoms with Crippen molar-refractivity contribution in [3.8, 4) is 0 Å². The normalized spacial score (nSPS) is 38.3. The number of carbonyl (C=O) groups is 2. The van der Waals surface area contributed by atoms with E-state index in [4.69, 9.17) is 23.7 Å². The van der Waals surface area contributed by atoms with Crippen LogP contribution in [0, 0.1) is 0 Å². The molecule has 0 spiro atoms. The van der Waals surface area contributed by atoms with E-state index in [2.05, 4.69) is 0 Å². The van der Waals surface area contributed by atoms with Crippen LogP contribution in [-0.2, 0) is 33.3 Å². The average Bonchev–Trinajstić information content (AvgIpc) is 2.55. The molecule has 0 unspecified atom stereocenters. The molecule has 2 heterocycles. The zero-order valence-electron chi connectivity index (χ0n) is 10.5. The van der Waals surface area contributed by atoms with E-state index in [9.17, 15) is 9.59 Å². The zero-order valence-corrected chi connectivity index (χ0v) is 10.5. The van der Waals surface area contributed by atoms with Crippen LogP contribution in [0.2, 0.25) is 0 Å². The summed E-state index contributed by atoms with van der Waals surface area (Å²) in [4.78, 5) is 22.1. The monoisotopic (exact) mass is 260 g/mol. The average molecular weight is 260 g/mol. The van der Waals surface area contributed by atoms with Gasteiger partial charge in [-0.3, -0.25) is 9.59 Å². The van der Waals surface area contributed by atoms with E-state index in [-0.39, 0.29) is 6.61 Å². The first kappa shape index (κ1) is 13.3. The molecule has 0 aromatic carbocycles. The highest BCUT2D eigenvalue weighted by Gasteiger charge is 2.55. The summed E-state index contributed by atoms with van der Waals surface area (Å²) in [6, 6.07) is 0. The first-order valence-corrected chi connectivity index (χ1v) is 5.67. The molecule has 0 aliphatic carbocycles. The lowest BCUT2D eigenvalue weighted by Gasteiger charge is -2.37. The predicted molar refractivity (Wildman–Crippen MR) is 56.5 cm³/mol. The van der Waals surface area contributed by atoms with E-state index >= 15 is 0 Å². The highest BCUT2D eigenvalue weighted by Crippen LogP contribution is 2.33. The van der Waals surface area contributed by atoms with Crippen LogP contribution < -0.4 is 0 Å². The smallest absolute Gasteiger partial charge is 0.303 e. The van der Waals surface area contributed by atoms with Crippen LogP contribution >= 0.6 is 0 Å². The van der Waals surface area contributed by atoms with E-state index in [0.717, 1.165) is 0 Å². The molecule has 7 heteroatoms. The molecule has 2 aliphatic heterocycles. The molecule has 102 valence electrons. The minimum Gasteiger partial charge on any atom is -0.457 e. The van der Waals surface area contributed by atoms with Crippen LogP contribution in [0.25, 0.3) is 0 Å². The number of hydrogen-bond acceptors (Lipinski definition) is 7. The minimum absolute atomic E-state index is 0.278. The Labute approximate surface area is 104 Å². The fourth-order valence-electron chi connectivity index (χ4n) is 2.25. The van der Waals surface area contributed by atoms with Gasteiger partial charge in [0.05, 0.1) is 6.61 Å². The standard InChI is InChI=1S/C11H16O7/c1-5(12)16-8-7-4-15-9(8)10(17-6(2)13)11(14-3)18-7/h7-11H,4H2,1-3H3/t7-,8-,9+,10-,11-/m1/s1. The maximum atomic E-state index is 11.1. The molecule has 2 aliphatic rings. The van der Waals surface area contributed by atoms with Crippen LogP contribution in [0.5, 0.6) is 0 Å². The molecule has 0 aromatic heterocycles. The number of hydrogen-bond donors (Lipinski definition) is 0. The van der Waals surface area contributed by atoms with E-state index in [1.807, 2.05) is 0 Å². The van der Waals surface area contributed by atoms with Crippen molar-refractivity contribution >= 4 is 11.9 Å². The Morgan fingerprint density at radius 1 is 1.11 bits per heavy atom. The van der Waals surface area contributed by atoms with Crippen molar-refractivity contribution in [2.24, 2.45) is 0 Å². The van der Waals surface area contributed by atoms with Gasteiger partial charge in [-0.1, -0.05) is 0 Å². The molecule has 2 saturated heterocycles. The van der Waals surface area contributed by atoms with E-state index in [0.29, 0.717) is 0 Å². The summed E-state index contributed by atoms with van der Waals surface area (Å²) in [7, 11) is 1.45. The molecular formula is C11H16O7. The summed E-state index contributed by atoms with van der Waals surface area (Å²) in [5.74, 6) is -0.900. The number of esters is 2. The van der Waals surface area contributed by atoms with Gasteiger partial charge in [-0.05, 0) is 0 Å². The van der Waals surface area contributed by atoms with Crippen molar-refractivity contribution < 1.29 is 33.3 Å². The lowest BCUT2D eigenvalue weighted by atomic mass is 10.0. The third-order valence-electron chi connectivity index (χ3n) is 2.88. The molecule has 2 rings (SSSR count). The van der Waals surface area contributed by atoms with Gasteiger partial charge in [0, 0.05) is 21.0 Å². The second kappa shape index (κ2) is 5.21. The third-order valence-corrected chi connectivity index (χ3v) is 2.88. The summed E-state index contributed by atoms with van der Waals surface area (Å²) >= 11 is 0. The summed E-state index contributed by atoms with van der Waals surface area (Å²) < 4.78 is 26.4. The van der Waals surface area contributed by atoms with Crippen molar-refractivity contribution in [2.45, 2.75) is 44.6 Å². The van der Waals surface area contributed by atoms with Crippen molar-refractivity contribution in [1.29, 1.82) is 0 Å². The Kier molecular flexibility index (Phi) is 3.84. The summed E-state index contributed by atoms with van der Waals surface area (Å²) in [6.45, 7) is 2.87. The van der Waals surface area contributed by atoms with Crippen molar-refractivity contribution in [1.82, 2.24) is 0 Å². The van der Waals surface area contributed by atoms with Gasteiger partial charge in [-0.2, -0.15) is 0 Å². The van der Waals surface area contributed by atoms with Crippen LogP contribution in [0.4, 0.5) is 0 Å². The van der Waals surface area contributed by atoms with Gasteiger partial charge in [0.1, 0.15) is 12.2 Å². The molecular weight excluding hydrogens is 244 g/mol. The van der Waals surface area contributed by atoms with Gasteiger partial charge in [0.15, 0.2) is 18.5 Å². The van der Waals surface area contributed by atoms with Crippen molar-refractivity contribution in [3.63, 3.8) is 0 Å². The zero-order chi connectivity index (χ0) is 13.3. The Morgan fingerprint density at radius 3 is 2.28 bits per heavy atom. The van der Waals surface area contributed by atoms with E-state index in [1.54, 1.807) is 0 Å². The predicted octanol–water partition coefficient (Wildman–Crippen LogP) is -0.380. The third kappa shape index (κ3) is 2.47. The molecule has 5 atom stereocenters. The van der Waals surface area contributed by atoms with Crippen molar-refractivity contribution in [2.75, 3.05) is 13.7 Å². The van der Waals surface area contributed by atoms with Crippen LogP contribution in [-0.4, -0.2) is 56.4 Å². The largest absolute Gasteiger partial charge is 0.457 e. The number of fused-ring (bicyclic) bond motifs is 2. The highest BCUT2D eigenvalue weighted by atomic mass is 16.7. The maximum Gasteiger partial charge on any atom is 0.303 e. The summed E-state index contributed by atoms with van der Waals surface area (Å²) in [5, 5.41) is 0. The van der Waals surface area contributed by atoms with Crippen LogP contribution in [0.15, 0.2) is 0 Å². The molecule has 0 saturated carbocycles. The molecule has 18 heavy (non-hydrogen) atoms. The van der Waals surface area contributed by atoms with E-state index < -0.39 is 42.6 Å². The highest BCUT2D eigenvalue weighted by molar-refractivity contribution is 5.67. The molecule has 2 bridgehead atoms. The van der Waals surface area contributed by atoms with Crippen LogP contribution in [0.1, 0.15) is 13.8 Å². The fourth-order valence-corrected chi connectivity index (χ4v) is 2.25. The van der Waals surface area contributed by atoms with Crippen molar-refractivity contribution in [3.05, 3.63) is 0 Å². The van der Waals surface area contributed by atoms with Gasteiger partial charge in [-0.25, -0.2) is 0 Å². The Morgan fingerprint density at radius 2 is 1.72 bits per heavy atom. The topological polar surface area (TPSA) is 80.3 Å². The quantitative estimate of drug-likeness (QED) is 0.640. The second-order valence-electron chi connectivity index (χ2n) is 4.22. The first-order valence-electron chi connectivity index (χ1n) is 5.67. The first-order chi connectivity index (χ1) is 8.52. The molecule has 7 nitrogen and oxygen atoms in total. The molecule has 2 fully saturated rings. The lowest BCUT2D eigenvalue weighted by molar-refractivity contribution is -0.262. The number of ether oxygens (including phenoxy) is 5. The SMILES string of the molecule is CO[C@@H]1O[C@@H]2CO[C@H]([C@H]1OC(C)=O)[C@@H]2OC(C)=O. The summed E-state index contributed by atoms with van der Waals surface area (Å²) in [6.07, 6.45) is -2.97. The van der Waals surface area contributed by atoms with E-state index in [1.165, 1.54) is 21.0 Å². The Hall–Kier alpha value is -1.18. The van der Waals surface area contributed by atoms with Gasteiger partial charge in [-0.15, -0.1) is 0 Å². The molecule has 0 amide bonds. The summed E-state index contributed by atoms with van der Waals surface area (Å²) in [5.41, 5.74) is 0.